The third kappa shape index (κ3) is 4.60. The zero-order chi connectivity index (χ0) is 22.7. The van der Waals surface area contributed by atoms with E-state index in [2.05, 4.69) is 11.8 Å². The van der Waals surface area contributed by atoms with Crippen LogP contribution in [0.5, 0.6) is 5.75 Å². The normalized spacial score (nSPS) is 10.7. The Hall–Kier alpha value is -3.78. The summed E-state index contributed by atoms with van der Waals surface area (Å²) in [7, 11) is 1.50. The highest BCUT2D eigenvalue weighted by molar-refractivity contribution is 5.84. The second-order valence-corrected chi connectivity index (χ2v) is 7.33. The molecule has 0 aliphatic heterocycles. The van der Waals surface area contributed by atoms with Crippen molar-refractivity contribution < 1.29 is 22.3 Å². The maximum absolute atomic E-state index is 14.1. The van der Waals surface area contributed by atoms with Gasteiger partial charge in [-0.15, -0.1) is 0 Å². The van der Waals surface area contributed by atoms with Crippen molar-refractivity contribution in [2.24, 2.45) is 0 Å². The van der Waals surface area contributed by atoms with Crippen LogP contribution in [0.3, 0.4) is 0 Å². The number of ether oxygens (including phenoxy) is 1. The van der Waals surface area contributed by atoms with E-state index in [-0.39, 0.29) is 16.6 Å². The van der Waals surface area contributed by atoms with Gasteiger partial charge < -0.3 is 4.74 Å². The molecule has 0 saturated carbocycles. The molecule has 0 atom stereocenters. The fourth-order valence-electron chi connectivity index (χ4n) is 3.42. The molecule has 0 fully saturated rings. The minimum atomic E-state index is -1.48. The first kappa shape index (κ1) is 21.5. The molecule has 0 unspecified atom stereocenters. The summed E-state index contributed by atoms with van der Waals surface area (Å²) >= 11 is 0. The van der Waals surface area contributed by atoms with Crippen LogP contribution < -0.4 is 4.74 Å². The van der Waals surface area contributed by atoms with Crippen molar-refractivity contribution >= 4 is 10.8 Å². The Bertz CT molecular complexity index is 1350. The largest absolute Gasteiger partial charge is 0.497 e. The van der Waals surface area contributed by atoms with Crippen LogP contribution >= 0.6 is 0 Å². The summed E-state index contributed by atoms with van der Waals surface area (Å²) in [6.07, 6.45) is 1.24. The SMILES string of the molecule is COc1ccc(CCc2ccc(C#Cc3ccc4c(F)c(F)c(F)cc4c3)cc2)c(F)c1. The number of benzene rings is 4. The Kier molecular flexibility index (Phi) is 6.13. The zero-order valence-corrected chi connectivity index (χ0v) is 17.2. The van der Waals surface area contributed by atoms with Crippen LogP contribution in [0.2, 0.25) is 0 Å². The Morgan fingerprint density at radius 3 is 2.12 bits per heavy atom. The minimum absolute atomic E-state index is 0.00657. The van der Waals surface area contributed by atoms with Gasteiger partial charge >= 0.3 is 0 Å². The van der Waals surface area contributed by atoms with Crippen molar-refractivity contribution in [3.8, 4) is 17.6 Å². The van der Waals surface area contributed by atoms with Gasteiger partial charge in [0, 0.05) is 22.6 Å². The lowest BCUT2D eigenvalue weighted by Gasteiger charge is -2.06. The van der Waals surface area contributed by atoms with Crippen molar-refractivity contribution in [2.75, 3.05) is 7.11 Å². The molecule has 5 heteroatoms. The standard InChI is InChI=1S/C27H18F4O/c1-32-22-12-11-20(24(28)16-22)10-8-18-4-2-17(3-5-18)6-7-19-9-13-23-21(14-19)15-25(29)27(31)26(23)30/h2-5,9,11-16H,8,10H2,1H3. The minimum Gasteiger partial charge on any atom is -0.497 e. The predicted molar refractivity (Wildman–Crippen MR) is 117 cm³/mol. The Balaban J connectivity index is 1.46. The highest BCUT2D eigenvalue weighted by Crippen LogP contribution is 2.24. The van der Waals surface area contributed by atoms with E-state index in [0.717, 1.165) is 17.2 Å². The molecule has 160 valence electrons. The van der Waals surface area contributed by atoms with Crippen LogP contribution in [0, 0.1) is 35.1 Å². The number of rotatable bonds is 4. The maximum Gasteiger partial charge on any atom is 0.195 e. The maximum atomic E-state index is 14.1. The predicted octanol–water partition coefficient (Wildman–Crippen LogP) is 6.59. The molecule has 4 aromatic carbocycles. The molecule has 0 heterocycles. The number of halogens is 4. The number of aryl methyl sites for hydroxylation is 2. The molecule has 0 aliphatic carbocycles. The van der Waals surface area contributed by atoms with Gasteiger partial charge in [-0.3, -0.25) is 0 Å². The molecule has 0 amide bonds. The molecular formula is C27H18F4O. The lowest BCUT2D eigenvalue weighted by Crippen LogP contribution is -1.96. The fourth-order valence-corrected chi connectivity index (χ4v) is 3.42. The van der Waals surface area contributed by atoms with Crippen LogP contribution in [-0.2, 0) is 12.8 Å². The van der Waals surface area contributed by atoms with Gasteiger partial charge in [-0.2, -0.15) is 0 Å². The number of hydrogen-bond acceptors (Lipinski definition) is 1. The highest BCUT2D eigenvalue weighted by atomic mass is 19.2. The van der Waals surface area contributed by atoms with Gasteiger partial charge in [0.25, 0.3) is 0 Å². The van der Waals surface area contributed by atoms with Crippen LogP contribution in [0.4, 0.5) is 17.6 Å². The summed E-state index contributed by atoms with van der Waals surface area (Å²) in [5.41, 5.74) is 2.99. The van der Waals surface area contributed by atoms with E-state index in [4.69, 9.17) is 4.74 Å². The van der Waals surface area contributed by atoms with Gasteiger partial charge in [-0.1, -0.05) is 36.1 Å². The van der Waals surface area contributed by atoms with E-state index in [1.54, 1.807) is 18.2 Å². The Morgan fingerprint density at radius 1 is 0.688 bits per heavy atom. The summed E-state index contributed by atoms with van der Waals surface area (Å²) in [5.74, 6) is 2.24. The second kappa shape index (κ2) is 9.15. The number of hydrogen-bond donors (Lipinski definition) is 0. The average molecular weight is 434 g/mol. The lowest BCUT2D eigenvalue weighted by molar-refractivity contribution is 0.410. The van der Waals surface area contributed by atoms with Crippen LogP contribution in [0.25, 0.3) is 10.8 Å². The summed E-state index contributed by atoms with van der Waals surface area (Å²) < 4.78 is 59.8. The zero-order valence-electron chi connectivity index (χ0n) is 17.2. The number of fused-ring (bicyclic) bond motifs is 1. The van der Waals surface area contributed by atoms with Gasteiger partial charge in [0.05, 0.1) is 7.11 Å². The van der Waals surface area contributed by atoms with Crippen LogP contribution in [-0.4, -0.2) is 7.11 Å². The Morgan fingerprint density at radius 2 is 1.41 bits per heavy atom. The quantitative estimate of drug-likeness (QED) is 0.200. The third-order valence-electron chi connectivity index (χ3n) is 5.22. The molecule has 4 rings (SSSR count). The summed E-state index contributed by atoms with van der Waals surface area (Å²) in [6.45, 7) is 0. The fraction of sp³-hybridized carbons (Fsp3) is 0.111. The van der Waals surface area contributed by atoms with Crippen molar-refractivity contribution in [1.82, 2.24) is 0 Å². The van der Waals surface area contributed by atoms with Crippen LogP contribution in [0.15, 0.2) is 66.7 Å². The molecule has 32 heavy (non-hydrogen) atoms. The number of methoxy groups -OCH3 is 1. The van der Waals surface area contributed by atoms with E-state index < -0.39 is 17.5 Å². The molecular weight excluding hydrogens is 416 g/mol. The molecule has 0 spiro atoms. The molecule has 0 saturated heterocycles. The van der Waals surface area contributed by atoms with Gasteiger partial charge in [-0.25, -0.2) is 17.6 Å². The molecule has 1 nitrogen and oxygen atoms in total. The van der Waals surface area contributed by atoms with Gasteiger partial charge in [-0.05, 0) is 65.8 Å². The topological polar surface area (TPSA) is 9.23 Å². The first-order valence-electron chi connectivity index (χ1n) is 9.95. The lowest BCUT2D eigenvalue weighted by atomic mass is 10.0. The monoisotopic (exact) mass is 434 g/mol. The summed E-state index contributed by atoms with van der Waals surface area (Å²) in [6, 6.07) is 17.9. The average Bonchev–Trinajstić information content (AvgIpc) is 2.81. The summed E-state index contributed by atoms with van der Waals surface area (Å²) in [5, 5.41) is 0.251. The molecule has 0 aliphatic rings. The van der Waals surface area contributed by atoms with E-state index in [1.807, 2.05) is 24.3 Å². The van der Waals surface area contributed by atoms with Crippen LogP contribution in [0.1, 0.15) is 22.3 Å². The van der Waals surface area contributed by atoms with Crippen molar-refractivity contribution in [3.05, 3.63) is 112 Å². The molecule has 0 bridgehead atoms. The van der Waals surface area contributed by atoms with E-state index in [9.17, 15) is 17.6 Å². The van der Waals surface area contributed by atoms with Crippen molar-refractivity contribution in [3.63, 3.8) is 0 Å². The van der Waals surface area contributed by atoms with E-state index in [0.29, 0.717) is 29.7 Å². The first-order valence-corrected chi connectivity index (χ1v) is 9.95. The molecule has 0 N–H and O–H groups in total. The summed E-state index contributed by atoms with van der Waals surface area (Å²) in [4.78, 5) is 0. The van der Waals surface area contributed by atoms with Crippen molar-refractivity contribution in [1.29, 1.82) is 0 Å². The molecule has 0 aromatic heterocycles. The van der Waals surface area contributed by atoms with Gasteiger partial charge in [0.15, 0.2) is 17.5 Å². The van der Waals surface area contributed by atoms with E-state index >= 15 is 0 Å². The Labute approximate surface area is 183 Å². The first-order chi connectivity index (χ1) is 15.4. The third-order valence-corrected chi connectivity index (χ3v) is 5.22. The van der Waals surface area contributed by atoms with Crippen molar-refractivity contribution in [2.45, 2.75) is 12.8 Å². The van der Waals surface area contributed by atoms with Gasteiger partial charge in [0.1, 0.15) is 11.6 Å². The van der Waals surface area contributed by atoms with E-state index in [1.165, 1.54) is 25.3 Å². The molecule has 4 aromatic rings. The second-order valence-electron chi connectivity index (χ2n) is 7.33. The highest BCUT2D eigenvalue weighted by Gasteiger charge is 2.13. The smallest absolute Gasteiger partial charge is 0.195 e. The van der Waals surface area contributed by atoms with Gasteiger partial charge in [0.2, 0.25) is 0 Å². The molecule has 0 radical (unpaired) electrons.